The van der Waals surface area contributed by atoms with Crippen LogP contribution in [0.5, 0.6) is 23.0 Å². The molecular weight excluding hydrogens is 890 g/mol. The Kier molecular flexibility index (Phi) is 16.3. The number of ether oxygens (including phenoxy) is 3. The summed E-state index contributed by atoms with van der Waals surface area (Å²) in [6, 6.07) is 27.0. The van der Waals surface area contributed by atoms with Crippen LogP contribution in [0.15, 0.2) is 72.8 Å². The van der Waals surface area contributed by atoms with Crippen molar-refractivity contribution in [3.05, 3.63) is 102 Å². The van der Waals surface area contributed by atoms with Gasteiger partial charge in [0.1, 0.15) is 23.0 Å². The molecule has 290 valence electrons. The second-order valence-electron chi connectivity index (χ2n) is 15.6. The minimum absolute atomic E-state index is 0.500. The second kappa shape index (κ2) is 21.3. The van der Waals surface area contributed by atoms with Gasteiger partial charge in [0.2, 0.25) is 0 Å². The van der Waals surface area contributed by atoms with Crippen molar-refractivity contribution in [2.24, 2.45) is 0 Å². The molecule has 4 aromatic carbocycles. The first-order valence-electron chi connectivity index (χ1n) is 21.4. The monoisotopic (exact) mass is 952 g/mol. The number of rotatable bonds is 24. The van der Waals surface area contributed by atoms with Crippen molar-refractivity contribution >= 4 is 45.2 Å². The van der Waals surface area contributed by atoms with Crippen LogP contribution in [-0.4, -0.2) is 13.2 Å². The van der Waals surface area contributed by atoms with Crippen molar-refractivity contribution in [1.29, 1.82) is 0 Å². The standard InChI is InChI=1S/C49H62I2O3/c1-3-5-7-9-11-13-15-17-19-21-31-52-39-25-29-43-47(35-39)54-48-36-40(53-32-22-20-18-16-14-12-10-8-6-4-2)26-30-44(48)49(43)45-33-37(50)23-27-41(45)42-28-24-38(51)34-46(42)49/h23-30,33-36H,3-22,31-32H2,1-2H3. The summed E-state index contributed by atoms with van der Waals surface area (Å²) in [5, 5.41) is 0. The van der Waals surface area contributed by atoms with E-state index in [4.69, 9.17) is 14.2 Å². The van der Waals surface area contributed by atoms with E-state index in [1.165, 1.54) is 156 Å². The average molecular weight is 953 g/mol. The first kappa shape index (κ1) is 41.4. The highest BCUT2D eigenvalue weighted by Gasteiger charge is 2.51. The third kappa shape index (κ3) is 10.2. The maximum atomic E-state index is 6.89. The van der Waals surface area contributed by atoms with Gasteiger partial charge < -0.3 is 14.2 Å². The van der Waals surface area contributed by atoms with Crippen LogP contribution in [0.2, 0.25) is 0 Å². The third-order valence-corrected chi connectivity index (χ3v) is 12.9. The molecule has 0 saturated carbocycles. The minimum atomic E-state index is -0.500. The van der Waals surface area contributed by atoms with E-state index in [1.54, 1.807) is 0 Å². The van der Waals surface area contributed by atoms with Crippen molar-refractivity contribution < 1.29 is 14.2 Å². The lowest BCUT2D eigenvalue weighted by atomic mass is 9.66. The zero-order chi connectivity index (χ0) is 37.6. The van der Waals surface area contributed by atoms with Gasteiger partial charge in [0.15, 0.2) is 0 Å². The van der Waals surface area contributed by atoms with Crippen molar-refractivity contribution in [1.82, 2.24) is 0 Å². The lowest BCUT2D eigenvalue weighted by molar-refractivity contribution is 0.300. The Balaban J connectivity index is 1.17. The lowest BCUT2D eigenvalue weighted by Gasteiger charge is -2.39. The van der Waals surface area contributed by atoms with Gasteiger partial charge in [0, 0.05) is 30.4 Å². The third-order valence-electron chi connectivity index (χ3n) is 11.5. The molecule has 0 fully saturated rings. The van der Waals surface area contributed by atoms with Crippen LogP contribution in [0.25, 0.3) is 11.1 Å². The van der Waals surface area contributed by atoms with E-state index in [0.717, 1.165) is 49.1 Å². The van der Waals surface area contributed by atoms with E-state index in [1.807, 2.05) is 0 Å². The molecule has 2 aliphatic rings. The van der Waals surface area contributed by atoms with Crippen molar-refractivity contribution in [2.45, 2.75) is 148 Å². The number of hydrogen-bond donors (Lipinski definition) is 0. The van der Waals surface area contributed by atoms with Crippen LogP contribution in [0.1, 0.15) is 165 Å². The summed E-state index contributed by atoms with van der Waals surface area (Å²) >= 11 is 4.93. The van der Waals surface area contributed by atoms with Gasteiger partial charge in [-0.25, -0.2) is 0 Å². The number of unbranched alkanes of at least 4 members (excludes halogenated alkanes) is 18. The lowest BCUT2D eigenvalue weighted by Crippen LogP contribution is -2.32. The second-order valence-corrected chi connectivity index (χ2v) is 18.1. The normalized spacial score (nSPS) is 13.3. The van der Waals surface area contributed by atoms with Gasteiger partial charge in [-0.2, -0.15) is 0 Å². The molecule has 0 N–H and O–H groups in total. The van der Waals surface area contributed by atoms with E-state index in [2.05, 4.69) is 132 Å². The summed E-state index contributed by atoms with van der Waals surface area (Å²) in [6.45, 7) is 6.04. The summed E-state index contributed by atoms with van der Waals surface area (Å²) in [7, 11) is 0. The van der Waals surface area contributed by atoms with Crippen LogP contribution in [0, 0.1) is 7.14 Å². The SMILES string of the molecule is CCCCCCCCCCCCOc1ccc2c(c1)Oc1cc(OCCCCCCCCCCCC)ccc1C21c2cc(I)ccc2-c2ccc(I)cc21. The number of benzene rings is 4. The Morgan fingerprint density at radius 3 is 1.19 bits per heavy atom. The first-order valence-corrected chi connectivity index (χ1v) is 23.5. The Labute approximate surface area is 354 Å². The maximum absolute atomic E-state index is 6.89. The molecule has 0 radical (unpaired) electrons. The fraction of sp³-hybridized carbons (Fsp3) is 0.510. The predicted molar refractivity (Wildman–Crippen MR) is 244 cm³/mol. The zero-order valence-electron chi connectivity index (χ0n) is 33.0. The summed E-state index contributed by atoms with van der Waals surface area (Å²) in [5.41, 5.74) is 7.06. The molecule has 5 heteroatoms. The topological polar surface area (TPSA) is 27.7 Å². The molecule has 0 saturated heterocycles. The molecule has 6 rings (SSSR count). The van der Waals surface area contributed by atoms with E-state index in [0.29, 0.717) is 0 Å². The predicted octanol–water partition coefficient (Wildman–Crippen LogP) is 16.0. The summed E-state index contributed by atoms with van der Waals surface area (Å²) < 4.78 is 22.1. The number of hydrogen-bond acceptors (Lipinski definition) is 3. The van der Waals surface area contributed by atoms with Gasteiger partial charge in [0.25, 0.3) is 0 Å². The summed E-state index contributed by atoms with van der Waals surface area (Å²) in [5.74, 6) is 3.48. The Morgan fingerprint density at radius 1 is 0.426 bits per heavy atom. The summed E-state index contributed by atoms with van der Waals surface area (Å²) in [6.07, 6.45) is 26.4. The molecule has 0 aromatic heterocycles. The molecule has 1 heterocycles. The molecule has 1 aliphatic carbocycles. The Bertz CT molecular complexity index is 1650. The van der Waals surface area contributed by atoms with E-state index < -0.39 is 5.41 Å². The van der Waals surface area contributed by atoms with E-state index in [-0.39, 0.29) is 0 Å². The van der Waals surface area contributed by atoms with Gasteiger partial charge in [-0.05, 0) is 117 Å². The van der Waals surface area contributed by atoms with E-state index in [9.17, 15) is 0 Å². The van der Waals surface area contributed by atoms with Crippen LogP contribution in [0.4, 0.5) is 0 Å². The van der Waals surface area contributed by atoms with Crippen LogP contribution in [-0.2, 0) is 5.41 Å². The Hall–Kier alpha value is -2.26. The molecule has 0 amide bonds. The van der Waals surface area contributed by atoms with Gasteiger partial charge in [-0.1, -0.05) is 154 Å². The van der Waals surface area contributed by atoms with Crippen molar-refractivity contribution in [3.63, 3.8) is 0 Å². The Morgan fingerprint density at radius 2 is 0.796 bits per heavy atom. The highest BCUT2D eigenvalue weighted by atomic mass is 127. The molecule has 1 aliphatic heterocycles. The highest BCUT2D eigenvalue weighted by Crippen LogP contribution is 2.63. The largest absolute Gasteiger partial charge is 0.493 e. The molecule has 1 spiro atoms. The van der Waals surface area contributed by atoms with Gasteiger partial charge in [-0.3, -0.25) is 0 Å². The van der Waals surface area contributed by atoms with Gasteiger partial charge in [-0.15, -0.1) is 0 Å². The molecule has 3 nitrogen and oxygen atoms in total. The van der Waals surface area contributed by atoms with Crippen LogP contribution in [0.3, 0.4) is 0 Å². The van der Waals surface area contributed by atoms with Crippen molar-refractivity contribution in [2.75, 3.05) is 13.2 Å². The quantitative estimate of drug-likeness (QED) is 0.0447. The number of fused-ring (bicyclic) bond motifs is 9. The van der Waals surface area contributed by atoms with Crippen LogP contribution < -0.4 is 14.2 Å². The molecule has 0 bridgehead atoms. The fourth-order valence-electron chi connectivity index (χ4n) is 8.64. The number of halogens is 2. The molecule has 4 aromatic rings. The summed E-state index contributed by atoms with van der Waals surface area (Å²) in [4.78, 5) is 0. The smallest absolute Gasteiger partial charge is 0.135 e. The van der Waals surface area contributed by atoms with Crippen molar-refractivity contribution in [3.8, 4) is 34.1 Å². The average Bonchev–Trinajstić information content (AvgIpc) is 3.44. The zero-order valence-corrected chi connectivity index (χ0v) is 37.3. The van der Waals surface area contributed by atoms with Crippen LogP contribution >= 0.6 is 45.2 Å². The molecule has 0 unspecified atom stereocenters. The highest BCUT2D eigenvalue weighted by molar-refractivity contribution is 14.1. The van der Waals surface area contributed by atoms with E-state index >= 15 is 0 Å². The maximum Gasteiger partial charge on any atom is 0.135 e. The molecule has 54 heavy (non-hydrogen) atoms. The molecular formula is C49H62I2O3. The fourth-order valence-corrected chi connectivity index (χ4v) is 9.63. The minimum Gasteiger partial charge on any atom is -0.493 e. The van der Waals surface area contributed by atoms with Gasteiger partial charge >= 0.3 is 0 Å². The van der Waals surface area contributed by atoms with Gasteiger partial charge in [0.05, 0.1) is 18.6 Å². The molecule has 0 atom stereocenters. The first-order chi connectivity index (χ1) is 26.6.